The maximum atomic E-state index is 13.0. The Morgan fingerprint density at radius 2 is 1.63 bits per heavy atom. The highest BCUT2D eigenvalue weighted by Gasteiger charge is 2.43. The number of Topliss-reactive ketones (excluding diaryl/α,β-unsaturated/α-hetero) is 1. The summed E-state index contributed by atoms with van der Waals surface area (Å²) in [7, 11) is 2.19. The summed E-state index contributed by atoms with van der Waals surface area (Å²) in [6, 6.07) is 1.00. The molecule has 3 aliphatic rings. The Bertz CT molecular complexity index is 593. The quantitative estimate of drug-likeness (QED) is 0.496. The van der Waals surface area contributed by atoms with Crippen molar-refractivity contribution >= 4 is 11.8 Å². The van der Waals surface area contributed by atoms with Crippen molar-refractivity contribution in [1.82, 2.24) is 9.80 Å². The van der Waals surface area contributed by atoms with Crippen LogP contribution in [0.4, 0.5) is 0 Å². The van der Waals surface area contributed by atoms with Crippen molar-refractivity contribution in [2.24, 2.45) is 23.2 Å². The van der Waals surface area contributed by atoms with Crippen LogP contribution in [0.5, 0.6) is 0 Å². The molecule has 2 saturated heterocycles. The number of rotatable bonds is 2. The number of likely N-dealkylation sites (tertiary alicyclic amines) is 1. The molecule has 2 aliphatic heterocycles. The summed E-state index contributed by atoms with van der Waals surface area (Å²) >= 11 is 0. The highest BCUT2D eigenvalue weighted by Crippen LogP contribution is 2.33. The van der Waals surface area contributed by atoms with E-state index >= 15 is 0 Å². The Kier molecular flexibility index (Phi) is 8.00. The minimum Gasteiger partial charge on any atom is -0.463 e. The van der Waals surface area contributed by atoms with E-state index in [1.807, 2.05) is 6.92 Å². The van der Waals surface area contributed by atoms with Gasteiger partial charge in [-0.25, -0.2) is 0 Å². The van der Waals surface area contributed by atoms with Crippen LogP contribution in [0.3, 0.4) is 0 Å². The van der Waals surface area contributed by atoms with Crippen LogP contribution in [0.2, 0.25) is 0 Å². The first-order valence-electron chi connectivity index (χ1n) is 12.4. The number of cyclic esters (lactones) is 1. The Morgan fingerprint density at radius 1 is 0.967 bits per heavy atom. The second kappa shape index (κ2) is 10.1. The maximum Gasteiger partial charge on any atom is 0.319 e. The van der Waals surface area contributed by atoms with Crippen molar-refractivity contribution < 1.29 is 14.3 Å². The molecule has 30 heavy (non-hydrogen) atoms. The molecule has 0 aromatic rings. The minimum atomic E-state index is -1.07. The molecule has 172 valence electrons. The zero-order valence-corrected chi connectivity index (χ0v) is 20.0. The van der Waals surface area contributed by atoms with Crippen LogP contribution < -0.4 is 0 Å². The van der Waals surface area contributed by atoms with E-state index in [1.165, 1.54) is 32.1 Å². The molecule has 0 N–H and O–H groups in total. The van der Waals surface area contributed by atoms with Crippen LogP contribution >= 0.6 is 0 Å². The first-order chi connectivity index (χ1) is 14.2. The molecule has 0 aromatic carbocycles. The fraction of sp³-hybridized carbons (Fsp3) is 0.920. The van der Waals surface area contributed by atoms with Gasteiger partial charge in [0.15, 0.2) is 5.78 Å². The van der Waals surface area contributed by atoms with Gasteiger partial charge in [0.05, 0.1) is 0 Å². The van der Waals surface area contributed by atoms with Crippen LogP contribution in [0.1, 0.15) is 79.1 Å². The van der Waals surface area contributed by atoms with Gasteiger partial charge in [0.2, 0.25) is 0 Å². The SMILES string of the molecule is C[C@@H]1CCCN(C)[C@H](C2CN(C3CCCCC3)C2)COC(=O)C(C)(C)C(=O)[C@H](C)C1. The maximum absolute atomic E-state index is 13.0. The molecule has 3 rings (SSSR count). The molecule has 5 heteroatoms. The van der Waals surface area contributed by atoms with Crippen LogP contribution in [-0.4, -0.2) is 66.9 Å². The third kappa shape index (κ3) is 5.45. The monoisotopic (exact) mass is 420 g/mol. The molecular formula is C25H44N2O3. The molecule has 5 nitrogen and oxygen atoms in total. The predicted octanol–water partition coefficient (Wildman–Crippen LogP) is 4.15. The van der Waals surface area contributed by atoms with Crippen molar-refractivity contribution in [3.63, 3.8) is 0 Å². The molecule has 0 amide bonds. The number of nitrogens with zero attached hydrogens (tertiary/aromatic N) is 2. The molecular weight excluding hydrogens is 376 g/mol. The minimum absolute atomic E-state index is 0.0237. The molecule has 2 heterocycles. The van der Waals surface area contributed by atoms with Crippen LogP contribution in [0.25, 0.3) is 0 Å². The van der Waals surface area contributed by atoms with Crippen LogP contribution in [0.15, 0.2) is 0 Å². The van der Waals surface area contributed by atoms with Crippen LogP contribution in [0, 0.1) is 23.2 Å². The zero-order chi connectivity index (χ0) is 21.9. The Balaban J connectivity index is 1.66. The molecule has 1 saturated carbocycles. The van der Waals surface area contributed by atoms with Gasteiger partial charge in [-0.05, 0) is 65.5 Å². The zero-order valence-electron chi connectivity index (χ0n) is 20.0. The molecule has 0 aromatic heterocycles. The summed E-state index contributed by atoms with van der Waals surface area (Å²) in [4.78, 5) is 30.9. The van der Waals surface area contributed by atoms with E-state index in [9.17, 15) is 9.59 Å². The first-order valence-corrected chi connectivity index (χ1v) is 12.4. The average Bonchev–Trinajstić information content (AvgIpc) is 2.68. The van der Waals surface area contributed by atoms with Gasteiger partial charge in [0, 0.05) is 37.0 Å². The Morgan fingerprint density at radius 3 is 2.30 bits per heavy atom. The summed E-state index contributed by atoms with van der Waals surface area (Å²) in [5, 5.41) is 0. The van der Waals surface area contributed by atoms with Gasteiger partial charge in [-0.1, -0.05) is 33.1 Å². The summed E-state index contributed by atoms with van der Waals surface area (Å²) < 4.78 is 5.82. The van der Waals surface area contributed by atoms with Crippen molar-refractivity contribution in [3.05, 3.63) is 0 Å². The van der Waals surface area contributed by atoms with E-state index in [4.69, 9.17) is 4.74 Å². The number of ether oxygens (including phenoxy) is 1. The van der Waals surface area contributed by atoms with E-state index in [2.05, 4.69) is 23.8 Å². The molecule has 0 radical (unpaired) electrons. The fourth-order valence-electron chi connectivity index (χ4n) is 5.90. The molecule has 3 atom stereocenters. The summed E-state index contributed by atoms with van der Waals surface area (Å²) in [5.74, 6) is 0.607. The predicted molar refractivity (Wildman–Crippen MR) is 120 cm³/mol. The fourth-order valence-corrected chi connectivity index (χ4v) is 5.90. The normalized spacial score (nSPS) is 34.4. The van der Waals surface area contributed by atoms with Crippen molar-refractivity contribution in [2.45, 2.75) is 91.1 Å². The number of likely N-dealkylation sites (N-methyl/N-ethyl adjacent to an activating group) is 1. The van der Waals surface area contributed by atoms with Crippen LogP contribution in [-0.2, 0) is 14.3 Å². The summed E-state index contributed by atoms with van der Waals surface area (Å²) in [5.41, 5.74) is -1.07. The molecule has 3 fully saturated rings. The highest BCUT2D eigenvalue weighted by atomic mass is 16.5. The standard InChI is InChI=1S/C25H44N2O3/c1-18-10-9-13-26(5)22(20-15-27(16-20)21-11-7-6-8-12-21)17-30-24(29)25(3,4)23(28)19(2)14-18/h18-22H,6-17H2,1-5H3/t18-,19-,22+/m1/s1. The third-order valence-corrected chi connectivity index (χ3v) is 8.06. The number of esters is 1. The second-order valence-electron chi connectivity index (χ2n) is 11.0. The lowest BCUT2D eigenvalue weighted by Gasteiger charge is -2.50. The lowest BCUT2D eigenvalue weighted by Crippen LogP contribution is -2.60. The highest BCUT2D eigenvalue weighted by molar-refractivity contribution is 6.03. The lowest BCUT2D eigenvalue weighted by molar-refractivity contribution is -0.162. The topological polar surface area (TPSA) is 49.9 Å². The number of hydrogen-bond donors (Lipinski definition) is 0. The van der Waals surface area contributed by atoms with Gasteiger partial charge in [0.1, 0.15) is 12.0 Å². The Hall–Kier alpha value is -0.940. The second-order valence-corrected chi connectivity index (χ2v) is 11.0. The Labute approximate surface area is 183 Å². The largest absolute Gasteiger partial charge is 0.463 e. The lowest BCUT2D eigenvalue weighted by atomic mass is 9.78. The average molecular weight is 421 g/mol. The number of carbonyl (C=O) groups excluding carboxylic acids is 2. The number of carbonyl (C=O) groups is 2. The number of hydrogen-bond acceptors (Lipinski definition) is 5. The molecule has 0 spiro atoms. The number of ketones is 1. The van der Waals surface area contributed by atoms with Crippen molar-refractivity contribution in [1.29, 1.82) is 0 Å². The summed E-state index contributed by atoms with van der Waals surface area (Å²) in [6.45, 7) is 11.4. The smallest absolute Gasteiger partial charge is 0.319 e. The van der Waals surface area contributed by atoms with Gasteiger partial charge < -0.3 is 4.74 Å². The van der Waals surface area contributed by atoms with Crippen molar-refractivity contribution in [3.8, 4) is 0 Å². The third-order valence-electron chi connectivity index (χ3n) is 8.06. The molecule has 1 aliphatic carbocycles. The van der Waals surface area contributed by atoms with E-state index < -0.39 is 5.41 Å². The van der Waals surface area contributed by atoms with E-state index in [0.717, 1.165) is 44.9 Å². The van der Waals surface area contributed by atoms with Gasteiger partial charge in [-0.15, -0.1) is 0 Å². The van der Waals surface area contributed by atoms with E-state index in [-0.39, 0.29) is 23.7 Å². The van der Waals surface area contributed by atoms with Gasteiger partial charge >= 0.3 is 5.97 Å². The van der Waals surface area contributed by atoms with Crippen molar-refractivity contribution in [2.75, 3.05) is 33.3 Å². The van der Waals surface area contributed by atoms with E-state index in [0.29, 0.717) is 18.4 Å². The van der Waals surface area contributed by atoms with Gasteiger partial charge in [-0.2, -0.15) is 0 Å². The molecule has 0 bridgehead atoms. The van der Waals surface area contributed by atoms with Gasteiger partial charge in [0.25, 0.3) is 0 Å². The summed E-state index contributed by atoms with van der Waals surface area (Å²) in [6.07, 6.45) is 9.92. The first kappa shape index (κ1) is 23.7. The molecule has 0 unspecified atom stereocenters. The van der Waals surface area contributed by atoms with Gasteiger partial charge in [-0.3, -0.25) is 19.4 Å². The van der Waals surface area contributed by atoms with E-state index in [1.54, 1.807) is 13.8 Å².